The van der Waals surface area contributed by atoms with E-state index in [-0.39, 0.29) is 18.0 Å². The second-order valence-corrected chi connectivity index (χ2v) is 8.13. The molecular weight excluding hydrogens is 444 g/mol. The van der Waals surface area contributed by atoms with Gasteiger partial charge in [0.05, 0.1) is 23.8 Å². The number of hydrogen-bond donors (Lipinski definition) is 1. The van der Waals surface area contributed by atoms with Gasteiger partial charge in [0.15, 0.2) is 5.17 Å². The van der Waals surface area contributed by atoms with Gasteiger partial charge in [-0.3, -0.25) is 24.6 Å². The third-order valence-electron chi connectivity index (χ3n) is 4.30. The number of ether oxygens (including phenoxy) is 1. The number of nitrogens with one attached hydrogen (secondary N) is 1. The number of methoxy groups -OCH3 is 1. The van der Waals surface area contributed by atoms with Crippen molar-refractivity contribution in [1.82, 2.24) is 4.90 Å². The highest BCUT2D eigenvalue weighted by atomic mass is 35.5. The quantitative estimate of drug-likeness (QED) is 0.470. The van der Waals surface area contributed by atoms with Crippen molar-refractivity contribution < 1.29 is 19.2 Å². The van der Waals surface area contributed by atoms with Gasteiger partial charge in [0.25, 0.3) is 5.69 Å². The minimum atomic E-state index is -0.665. The zero-order chi connectivity index (χ0) is 22.4. The Balaban J connectivity index is 1.72. The van der Waals surface area contributed by atoms with Crippen molar-refractivity contribution in [2.24, 2.45) is 4.99 Å². The first-order valence-electron chi connectivity index (χ1n) is 9.23. The Kier molecular flexibility index (Phi) is 7.61. The van der Waals surface area contributed by atoms with Crippen LogP contribution in [0, 0.1) is 10.1 Å². The third kappa shape index (κ3) is 6.03. The minimum absolute atomic E-state index is 0.102. The first-order chi connectivity index (χ1) is 14.9. The molecule has 1 atom stereocenters. The lowest BCUT2D eigenvalue weighted by molar-refractivity contribution is -0.384. The molecule has 1 aliphatic rings. The molecule has 0 aliphatic carbocycles. The molecule has 1 heterocycles. The van der Waals surface area contributed by atoms with Gasteiger partial charge in [-0.2, -0.15) is 0 Å². The molecule has 2 aromatic rings. The third-order valence-corrected chi connectivity index (χ3v) is 5.73. The molecule has 162 valence electrons. The van der Waals surface area contributed by atoms with Crippen molar-refractivity contribution >= 4 is 57.4 Å². The van der Waals surface area contributed by atoms with Crippen LogP contribution in [0.1, 0.15) is 6.42 Å². The Hall–Kier alpha value is -2.95. The van der Waals surface area contributed by atoms with Crippen molar-refractivity contribution in [2.45, 2.75) is 11.7 Å². The molecule has 2 aromatic carbocycles. The van der Waals surface area contributed by atoms with Crippen LogP contribution in [-0.4, -0.2) is 52.3 Å². The summed E-state index contributed by atoms with van der Waals surface area (Å²) in [6, 6.07) is 12.5. The van der Waals surface area contributed by atoms with Gasteiger partial charge < -0.3 is 10.1 Å². The van der Waals surface area contributed by atoms with Crippen LogP contribution in [0.15, 0.2) is 53.5 Å². The van der Waals surface area contributed by atoms with E-state index in [1.165, 1.54) is 42.0 Å². The molecule has 0 spiro atoms. The molecule has 1 fully saturated rings. The number of amidine groups is 1. The maximum absolute atomic E-state index is 12.9. The summed E-state index contributed by atoms with van der Waals surface area (Å²) in [4.78, 5) is 41.7. The number of anilines is 1. The number of amides is 2. The number of nitro groups is 1. The van der Waals surface area contributed by atoms with Gasteiger partial charge >= 0.3 is 0 Å². The molecule has 1 N–H and O–H groups in total. The van der Waals surface area contributed by atoms with E-state index in [2.05, 4.69) is 10.3 Å². The average molecular weight is 463 g/mol. The Morgan fingerprint density at radius 1 is 1.32 bits per heavy atom. The van der Waals surface area contributed by atoms with E-state index in [1.54, 1.807) is 30.3 Å². The lowest BCUT2D eigenvalue weighted by atomic mass is 10.2. The number of carbonyl (C=O) groups is 2. The highest BCUT2D eigenvalue weighted by molar-refractivity contribution is 8.15. The number of nitro benzene ring substituents is 1. The van der Waals surface area contributed by atoms with Crippen LogP contribution >= 0.6 is 23.4 Å². The molecular formula is C20H19ClN4O5S. The highest BCUT2D eigenvalue weighted by Crippen LogP contribution is 2.32. The maximum Gasteiger partial charge on any atom is 0.271 e. The molecule has 1 aliphatic heterocycles. The number of benzene rings is 2. The van der Waals surface area contributed by atoms with Crippen molar-refractivity contribution in [1.29, 1.82) is 0 Å². The number of nitrogens with zero attached hydrogens (tertiary/aromatic N) is 3. The zero-order valence-electron chi connectivity index (χ0n) is 16.5. The molecule has 0 aromatic heterocycles. The van der Waals surface area contributed by atoms with Crippen LogP contribution in [0.4, 0.5) is 17.1 Å². The molecule has 11 heteroatoms. The first kappa shape index (κ1) is 22.7. The fraction of sp³-hybridized carbons (Fsp3) is 0.250. The van der Waals surface area contributed by atoms with Gasteiger partial charge in [-0.25, -0.2) is 4.99 Å². The van der Waals surface area contributed by atoms with Crippen molar-refractivity contribution in [3.63, 3.8) is 0 Å². The standard InChI is InChI=1S/C20H19ClN4O5S/c1-30-10-9-24-19(27)17(31-20(24)23-14-7-5-13(21)6-8-14)12-18(26)22-15-3-2-4-16(11-15)25(28)29/h2-8,11,17H,9-10,12H2,1H3,(H,22,26)/t17-/m1/s1. The number of aliphatic imine (C=N–C) groups is 1. The van der Waals surface area contributed by atoms with E-state index in [1.807, 2.05) is 0 Å². The van der Waals surface area contributed by atoms with E-state index in [9.17, 15) is 19.7 Å². The smallest absolute Gasteiger partial charge is 0.271 e. The summed E-state index contributed by atoms with van der Waals surface area (Å²) in [5.41, 5.74) is 0.789. The molecule has 2 amide bonds. The van der Waals surface area contributed by atoms with Gasteiger partial charge in [0, 0.05) is 36.4 Å². The zero-order valence-corrected chi connectivity index (χ0v) is 18.1. The summed E-state index contributed by atoms with van der Waals surface area (Å²) in [6.45, 7) is 0.621. The van der Waals surface area contributed by atoms with Crippen LogP contribution in [0.5, 0.6) is 0 Å². The Morgan fingerprint density at radius 3 is 2.74 bits per heavy atom. The van der Waals surface area contributed by atoms with Gasteiger partial charge in [-0.15, -0.1) is 0 Å². The van der Waals surface area contributed by atoms with Crippen molar-refractivity contribution in [2.75, 3.05) is 25.6 Å². The first-order valence-corrected chi connectivity index (χ1v) is 10.5. The minimum Gasteiger partial charge on any atom is -0.383 e. The summed E-state index contributed by atoms with van der Waals surface area (Å²) in [7, 11) is 1.54. The van der Waals surface area contributed by atoms with E-state index in [0.717, 1.165) is 0 Å². The van der Waals surface area contributed by atoms with Gasteiger partial charge in [-0.05, 0) is 30.3 Å². The summed E-state index contributed by atoms with van der Waals surface area (Å²) in [6.07, 6.45) is -0.102. The number of carbonyl (C=O) groups excluding carboxylic acids is 2. The van der Waals surface area contributed by atoms with Crippen LogP contribution in [0.25, 0.3) is 0 Å². The summed E-state index contributed by atoms with van der Waals surface area (Å²) < 4.78 is 5.08. The van der Waals surface area contributed by atoms with E-state index in [4.69, 9.17) is 16.3 Å². The van der Waals surface area contributed by atoms with Crippen LogP contribution in [-0.2, 0) is 14.3 Å². The van der Waals surface area contributed by atoms with Crippen molar-refractivity contribution in [3.05, 3.63) is 63.7 Å². The predicted molar refractivity (Wildman–Crippen MR) is 120 cm³/mol. The number of rotatable bonds is 8. The monoisotopic (exact) mass is 462 g/mol. The topological polar surface area (TPSA) is 114 Å². The molecule has 0 bridgehead atoms. The lowest BCUT2D eigenvalue weighted by Crippen LogP contribution is -2.35. The number of non-ortho nitro benzene ring substituents is 1. The lowest BCUT2D eigenvalue weighted by Gasteiger charge is -2.15. The molecule has 3 rings (SSSR count). The summed E-state index contributed by atoms with van der Waals surface area (Å²) in [5.74, 6) is -0.672. The van der Waals surface area contributed by atoms with Gasteiger partial charge in [0.2, 0.25) is 11.8 Å². The summed E-state index contributed by atoms with van der Waals surface area (Å²) >= 11 is 7.10. The van der Waals surface area contributed by atoms with E-state index in [0.29, 0.717) is 34.7 Å². The SMILES string of the molecule is COCCN1C(=O)[C@@H](CC(=O)Nc2cccc([N+](=O)[O-])c2)SC1=Nc1ccc(Cl)cc1. The number of hydrogen-bond acceptors (Lipinski definition) is 7. The molecule has 1 saturated heterocycles. The molecule has 0 saturated carbocycles. The fourth-order valence-electron chi connectivity index (χ4n) is 2.82. The number of halogens is 1. The largest absolute Gasteiger partial charge is 0.383 e. The molecule has 9 nitrogen and oxygen atoms in total. The van der Waals surface area contributed by atoms with E-state index >= 15 is 0 Å². The average Bonchev–Trinajstić information content (AvgIpc) is 3.02. The van der Waals surface area contributed by atoms with Crippen LogP contribution in [0.3, 0.4) is 0 Å². The normalized spacial score (nSPS) is 17.2. The predicted octanol–water partition coefficient (Wildman–Crippen LogP) is 3.85. The molecule has 0 radical (unpaired) electrons. The maximum atomic E-state index is 12.9. The second kappa shape index (κ2) is 10.4. The Morgan fingerprint density at radius 2 is 2.06 bits per heavy atom. The van der Waals surface area contributed by atoms with Crippen LogP contribution < -0.4 is 5.32 Å². The summed E-state index contributed by atoms with van der Waals surface area (Å²) in [5, 5.41) is 13.9. The fourth-order valence-corrected chi connectivity index (χ4v) is 4.13. The molecule has 31 heavy (non-hydrogen) atoms. The Bertz CT molecular complexity index is 1010. The van der Waals surface area contributed by atoms with Crippen LogP contribution in [0.2, 0.25) is 5.02 Å². The molecule has 0 unspecified atom stereocenters. The highest BCUT2D eigenvalue weighted by Gasteiger charge is 2.39. The van der Waals surface area contributed by atoms with Gasteiger partial charge in [-0.1, -0.05) is 29.4 Å². The van der Waals surface area contributed by atoms with Gasteiger partial charge in [0.1, 0.15) is 5.25 Å². The number of thioether (sulfide) groups is 1. The van der Waals surface area contributed by atoms with E-state index < -0.39 is 16.1 Å². The second-order valence-electron chi connectivity index (χ2n) is 6.52. The Labute approximate surface area is 187 Å². The van der Waals surface area contributed by atoms with Crippen molar-refractivity contribution in [3.8, 4) is 0 Å².